The third-order valence-corrected chi connectivity index (χ3v) is 4.00. The molecule has 110 valence electrons. The molecule has 0 radical (unpaired) electrons. The van der Waals surface area contributed by atoms with Crippen molar-refractivity contribution in [2.24, 2.45) is 5.92 Å². The summed E-state index contributed by atoms with van der Waals surface area (Å²) in [6.45, 7) is 3.54. The zero-order valence-electron chi connectivity index (χ0n) is 11.5. The van der Waals surface area contributed by atoms with Crippen LogP contribution in [0, 0.1) is 16.0 Å². The molecule has 1 heterocycles. The molecule has 0 saturated carbocycles. The monoisotopic (exact) mass is 298 g/mol. The molecular formula is C14H19ClN2O3. The maximum atomic E-state index is 10.7. The summed E-state index contributed by atoms with van der Waals surface area (Å²) in [6, 6.07) is 4.69. The standard InChI is InChI=1S/C14H19ClN2O3/c1-20-10-11-3-2-6-16(8-11)9-12-4-5-13(17(18)19)7-14(12)15/h4-5,7,11H,2-3,6,8-10H2,1H3/t11-/m0/s1. The van der Waals surface area contributed by atoms with E-state index in [-0.39, 0.29) is 5.69 Å². The Morgan fingerprint density at radius 2 is 2.35 bits per heavy atom. The van der Waals surface area contributed by atoms with Crippen LogP contribution in [0.2, 0.25) is 5.02 Å². The average Bonchev–Trinajstić information content (AvgIpc) is 2.42. The van der Waals surface area contributed by atoms with Gasteiger partial charge in [-0.05, 0) is 36.9 Å². The van der Waals surface area contributed by atoms with E-state index in [0.717, 1.165) is 38.2 Å². The maximum absolute atomic E-state index is 10.7. The Kier molecular flexibility index (Phi) is 5.34. The molecule has 0 spiro atoms. The highest BCUT2D eigenvalue weighted by Gasteiger charge is 2.21. The van der Waals surface area contributed by atoms with Gasteiger partial charge in [0.05, 0.1) is 16.6 Å². The topological polar surface area (TPSA) is 55.6 Å². The molecule has 0 N–H and O–H groups in total. The number of likely N-dealkylation sites (tertiary alicyclic amines) is 1. The Balaban J connectivity index is 2.00. The summed E-state index contributed by atoms with van der Waals surface area (Å²) in [7, 11) is 1.73. The molecule has 5 nitrogen and oxygen atoms in total. The van der Waals surface area contributed by atoms with Gasteiger partial charge in [0.1, 0.15) is 0 Å². The number of benzene rings is 1. The van der Waals surface area contributed by atoms with Crippen LogP contribution in [-0.4, -0.2) is 36.6 Å². The van der Waals surface area contributed by atoms with Gasteiger partial charge in [0.25, 0.3) is 5.69 Å². The lowest BCUT2D eigenvalue weighted by Gasteiger charge is -2.32. The van der Waals surface area contributed by atoms with Gasteiger partial charge in [-0.15, -0.1) is 0 Å². The normalized spacial score (nSPS) is 20.0. The van der Waals surface area contributed by atoms with Crippen LogP contribution in [0.15, 0.2) is 18.2 Å². The van der Waals surface area contributed by atoms with E-state index >= 15 is 0 Å². The number of piperidine rings is 1. The van der Waals surface area contributed by atoms with E-state index < -0.39 is 4.92 Å². The summed E-state index contributed by atoms with van der Waals surface area (Å²) >= 11 is 6.13. The summed E-state index contributed by atoms with van der Waals surface area (Å²) in [5.41, 5.74) is 0.977. The maximum Gasteiger partial charge on any atom is 0.270 e. The molecular weight excluding hydrogens is 280 g/mol. The highest BCUT2D eigenvalue weighted by atomic mass is 35.5. The summed E-state index contributed by atoms with van der Waals surface area (Å²) in [4.78, 5) is 12.6. The lowest BCUT2D eigenvalue weighted by atomic mass is 9.98. The fourth-order valence-corrected chi connectivity index (χ4v) is 2.92. The van der Waals surface area contributed by atoms with Crippen LogP contribution in [0.1, 0.15) is 18.4 Å². The molecule has 1 aromatic rings. The molecule has 1 aliphatic rings. The Hall–Kier alpha value is -1.17. The lowest BCUT2D eigenvalue weighted by molar-refractivity contribution is -0.384. The smallest absolute Gasteiger partial charge is 0.270 e. The van der Waals surface area contributed by atoms with Crippen molar-refractivity contribution < 1.29 is 9.66 Å². The van der Waals surface area contributed by atoms with Crippen molar-refractivity contribution in [2.45, 2.75) is 19.4 Å². The predicted molar refractivity (Wildman–Crippen MR) is 78.0 cm³/mol. The van der Waals surface area contributed by atoms with Crippen LogP contribution in [0.3, 0.4) is 0 Å². The second-order valence-electron chi connectivity index (χ2n) is 5.23. The minimum Gasteiger partial charge on any atom is -0.384 e. The molecule has 0 aromatic heterocycles. The molecule has 1 aliphatic heterocycles. The third kappa shape index (κ3) is 3.91. The van der Waals surface area contributed by atoms with Gasteiger partial charge in [-0.25, -0.2) is 0 Å². The first-order valence-corrected chi connectivity index (χ1v) is 7.12. The minimum atomic E-state index is -0.425. The van der Waals surface area contributed by atoms with Gasteiger partial charge in [-0.1, -0.05) is 11.6 Å². The molecule has 6 heteroatoms. The quantitative estimate of drug-likeness (QED) is 0.619. The SMILES string of the molecule is COC[C@H]1CCCN(Cc2ccc([N+](=O)[O-])cc2Cl)C1. The van der Waals surface area contributed by atoms with Crippen LogP contribution in [0.5, 0.6) is 0 Å². The molecule has 2 rings (SSSR count). The molecule has 1 saturated heterocycles. The van der Waals surface area contributed by atoms with Gasteiger partial charge in [-0.2, -0.15) is 0 Å². The van der Waals surface area contributed by atoms with E-state index in [0.29, 0.717) is 10.9 Å². The number of nitro groups is 1. The fourth-order valence-electron chi connectivity index (χ4n) is 2.69. The first kappa shape index (κ1) is 15.2. The minimum absolute atomic E-state index is 0.0367. The van der Waals surface area contributed by atoms with Crippen LogP contribution < -0.4 is 0 Å². The first-order valence-electron chi connectivity index (χ1n) is 6.74. The molecule has 1 aromatic carbocycles. The van der Waals surface area contributed by atoms with Gasteiger partial charge < -0.3 is 4.74 Å². The van der Waals surface area contributed by atoms with Crippen molar-refractivity contribution >= 4 is 17.3 Å². The largest absolute Gasteiger partial charge is 0.384 e. The van der Waals surface area contributed by atoms with Gasteiger partial charge in [0.2, 0.25) is 0 Å². The number of nitro benzene ring substituents is 1. The van der Waals surface area contributed by atoms with Crippen molar-refractivity contribution in [1.29, 1.82) is 0 Å². The summed E-state index contributed by atoms with van der Waals surface area (Å²) in [6.07, 6.45) is 2.34. The molecule has 1 fully saturated rings. The zero-order chi connectivity index (χ0) is 14.5. The second kappa shape index (κ2) is 7.02. The average molecular weight is 299 g/mol. The highest BCUT2D eigenvalue weighted by Crippen LogP contribution is 2.25. The first-order chi connectivity index (χ1) is 9.60. The van der Waals surface area contributed by atoms with Crippen LogP contribution >= 0.6 is 11.6 Å². The Bertz CT molecular complexity index is 479. The predicted octanol–water partition coefficient (Wildman–Crippen LogP) is 3.11. The Morgan fingerprint density at radius 3 is 3.00 bits per heavy atom. The number of hydrogen-bond acceptors (Lipinski definition) is 4. The molecule has 0 unspecified atom stereocenters. The number of rotatable bonds is 5. The van der Waals surface area contributed by atoms with Gasteiger partial charge in [0.15, 0.2) is 0 Å². The van der Waals surface area contributed by atoms with Crippen molar-refractivity contribution in [3.05, 3.63) is 38.9 Å². The number of halogens is 1. The number of hydrogen-bond donors (Lipinski definition) is 0. The lowest BCUT2D eigenvalue weighted by Crippen LogP contribution is -2.36. The van der Waals surface area contributed by atoms with Crippen molar-refractivity contribution in [2.75, 3.05) is 26.8 Å². The van der Waals surface area contributed by atoms with E-state index in [9.17, 15) is 10.1 Å². The van der Waals surface area contributed by atoms with E-state index in [1.54, 1.807) is 13.2 Å². The molecule has 1 atom stereocenters. The van der Waals surface area contributed by atoms with Crippen LogP contribution in [-0.2, 0) is 11.3 Å². The number of nitrogens with zero attached hydrogens (tertiary/aromatic N) is 2. The summed E-state index contributed by atoms with van der Waals surface area (Å²) in [5.74, 6) is 0.561. The van der Waals surface area contributed by atoms with Gasteiger partial charge >= 0.3 is 0 Å². The number of ether oxygens (including phenoxy) is 1. The van der Waals surface area contributed by atoms with Gasteiger partial charge in [-0.3, -0.25) is 15.0 Å². The van der Waals surface area contributed by atoms with Crippen molar-refractivity contribution in [3.63, 3.8) is 0 Å². The van der Waals surface area contributed by atoms with E-state index in [1.165, 1.54) is 18.6 Å². The molecule has 0 aliphatic carbocycles. The number of methoxy groups -OCH3 is 1. The fraction of sp³-hybridized carbons (Fsp3) is 0.571. The molecule has 0 bridgehead atoms. The highest BCUT2D eigenvalue weighted by molar-refractivity contribution is 6.31. The van der Waals surface area contributed by atoms with Crippen LogP contribution in [0.25, 0.3) is 0 Å². The van der Waals surface area contributed by atoms with Crippen LogP contribution in [0.4, 0.5) is 5.69 Å². The zero-order valence-corrected chi connectivity index (χ0v) is 12.3. The summed E-state index contributed by atoms with van der Waals surface area (Å²) in [5, 5.41) is 11.2. The Morgan fingerprint density at radius 1 is 1.55 bits per heavy atom. The number of non-ortho nitro benzene ring substituents is 1. The van der Waals surface area contributed by atoms with E-state index in [2.05, 4.69) is 4.90 Å². The Labute approximate surface area is 123 Å². The molecule has 0 amide bonds. The van der Waals surface area contributed by atoms with Gasteiger partial charge in [0, 0.05) is 32.3 Å². The third-order valence-electron chi connectivity index (χ3n) is 3.65. The van der Waals surface area contributed by atoms with E-state index in [4.69, 9.17) is 16.3 Å². The summed E-state index contributed by atoms with van der Waals surface area (Å²) < 4.78 is 5.22. The molecule has 20 heavy (non-hydrogen) atoms. The van der Waals surface area contributed by atoms with Crippen molar-refractivity contribution in [3.8, 4) is 0 Å². The second-order valence-corrected chi connectivity index (χ2v) is 5.64. The van der Waals surface area contributed by atoms with E-state index in [1.807, 2.05) is 0 Å². The van der Waals surface area contributed by atoms with Crippen molar-refractivity contribution in [1.82, 2.24) is 4.90 Å².